The molecule has 0 radical (unpaired) electrons. The van der Waals surface area contributed by atoms with E-state index < -0.39 is 29.4 Å². The van der Waals surface area contributed by atoms with Gasteiger partial charge in [-0.3, -0.25) is 19.3 Å². The molecule has 2 aromatic rings. The minimum absolute atomic E-state index is 0.345. The Morgan fingerprint density at radius 3 is 2.47 bits per heavy atom. The van der Waals surface area contributed by atoms with Crippen molar-refractivity contribution in [3.05, 3.63) is 59.0 Å². The van der Waals surface area contributed by atoms with Crippen LogP contribution in [0.25, 0.3) is 0 Å². The Morgan fingerprint density at radius 2 is 1.80 bits per heavy atom. The first-order chi connectivity index (χ1) is 14.6. The topological polar surface area (TPSA) is 80.1 Å². The van der Waals surface area contributed by atoms with E-state index in [-0.39, 0.29) is 0 Å². The molecule has 1 aromatic heterocycles. The van der Waals surface area contributed by atoms with Crippen molar-refractivity contribution in [3.8, 4) is 0 Å². The number of ether oxygens (including phenoxy) is 1. The van der Waals surface area contributed by atoms with Crippen LogP contribution in [0.15, 0.2) is 47.1 Å². The van der Waals surface area contributed by atoms with Crippen LogP contribution in [0.2, 0.25) is 5.02 Å². The van der Waals surface area contributed by atoms with E-state index in [4.69, 9.17) is 20.8 Å². The predicted octanol–water partition coefficient (Wildman–Crippen LogP) is 2.61. The molecule has 0 spiro atoms. The summed E-state index contributed by atoms with van der Waals surface area (Å²) in [5.74, 6) is -2.42. The first-order valence-corrected chi connectivity index (χ1v) is 10.4. The number of Topliss-reactive ketones (excluding diaryl/α,β-unsaturated/α-hetero) is 2. The highest BCUT2D eigenvalue weighted by molar-refractivity contribution is 6.44. The van der Waals surface area contributed by atoms with Crippen molar-refractivity contribution >= 4 is 29.1 Å². The number of hydrogen-bond acceptors (Lipinski definition) is 6. The van der Waals surface area contributed by atoms with E-state index in [2.05, 4.69) is 4.90 Å². The summed E-state index contributed by atoms with van der Waals surface area (Å²) in [7, 11) is 0. The molecule has 2 aliphatic heterocycles. The molecule has 4 rings (SSSR count). The quantitative estimate of drug-likeness (QED) is 0.381. The predicted molar refractivity (Wildman–Crippen MR) is 109 cm³/mol. The SMILES string of the molecule is O=C1C(=O)N(CCCN2CCOCC2)C(c2ccco2)C1C(=O)c1ccc(Cl)cc1. The Labute approximate surface area is 179 Å². The van der Waals surface area contributed by atoms with Gasteiger partial charge in [-0.1, -0.05) is 11.6 Å². The zero-order valence-electron chi connectivity index (χ0n) is 16.5. The summed E-state index contributed by atoms with van der Waals surface area (Å²) in [6, 6.07) is 8.99. The van der Waals surface area contributed by atoms with Gasteiger partial charge in [-0.25, -0.2) is 0 Å². The number of morpholine rings is 1. The van der Waals surface area contributed by atoms with Crippen LogP contribution in [-0.4, -0.2) is 66.7 Å². The van der Waals surface area contributed by atoms with Gasteiger partial charge in [0.25, 0.3) is 5.91 Å². The molecule has 1 amide bonds. The molecule has 2 fully saturated rings. The molecular weight excluding hydrogens is 408 g/mol. The van der Waals surface area contributed by atoms with Crippen LogP contribution in [-0.2, 0) is 14.3 Å². The molecule has 2 atom stereocenters. The number of carbonyl (C=O) groups is 3. The van der Waals surface area contributed by atoms with Gasteiger partial charge in [-0.2, -0.15) is 0 Å². The van der Waals surface area contributed by atoms with E-state index in [1.165, 1.54) is 11.2 Å². The van der Waals surface area contributed by atoms with Crippen LogP contribution >= 0.6 is 11.6 Å². The second kappa shape index (κ2) is 9.12. The summed E-state index contributed by atoms with van der Waals surface area (Å²) in [5, 5.41) is 0.493. The molecule has 158 valence electrons. The molecule has 2 saturated heterocycles. The van der Waals surface area contributed by atoms with E-state index in [9.17, 15) is 14.4 Å². The summed E-state index contributed by atoms with van der Waals surface area (Å²) in [6.45, 7) is 4.28. The highest BCUT2D eigenvalue weighted by atomic mass is 35.5. The van der Waals surface area contributed by atoms with Crippen LogP contribution in [0.1, 0.15) is 28.6 Å². The lowest BCUT2D eigenvalue weighted by atomic mass is 9.89. The number of rotatable bonds is 7. The molecule has 0 saturated carbocycles. The fourth-order valence-electron chi connectivity index (χ4n) is 4.09. The Hall–Kier alpha value is -2.48. The highest BCUT2D eigenvalue weighted by Crippen LogP contribution is 2.38. The third-order valence-corrected chi connectivity index (χ3v) is 5.88. The van der Waals surface area contributed by atoms with Gasteiger partial charge in [0, 0.05) is 36.8 Å². The van der Waals surface area contributed by atoms with Gasteiger partial charge < -0.3 is 14.1 Å². The Bertz CT molecular complexity index is 906. The normalized spacial score (nSPS) is 22.6. The lowest BCUT2D eigenvalue weighted by Gasteiger charge is -2.29. The van der Waals surface area contributed by atoms with Crippen molar-refractivity contribution in [2.24, 2.45) is 5.92 Å². The van der Waals surface area contributed by atoms with Crippen molar-refractivity contribution in [1.29, 1.82) is 0 Å². The van der Waals surface area contributed by atoms with Crippen molar-refractivity contribution < 1.29 is 23.5 Å². The van der Waals surface area contributed by atoms with Crippen molar-refractivity contribution in [2.75, 3.05) is 39.4 Å². The highest BCUT2D eigenvalue weighted by Gasteiger charge is 2.52. The Balaban J connectivity index is 1.55. The van der Waals surface area contributed by atoms with Crippen molar-refractivity contribution in [3.63, 3.8) is 0 Å². The maximum Gasteiger partial charge on any atom is 0.291 e. The Morgan fingerprint density at radius 1 is 1.07 bits per heavy atom. The minimum atomic E-state index is -1.13. The molecule has 7 nitrogen and oxygen atoms in total. The summed E-state index contributed by atoms with van der Waals surface area (Å²) in [4.78, 5) is 42.6. The molecule has 0 bridgehead atoms. The van der Waals surface area contributed by atoms with Crippen molar-refractivity contribution in [2.45, 2.75) is 12.5 Å². The molecule has 2 unspecified atom stereocenters. The van der Waals surface area contributed by atoms with E-state index in [0.29, 0.717) is 42.5 Å². The molecule has 3 heterocycles. The van der Waals surface area contributed by atoms with Gasteiger partial charge in [0.2, 0.25) is 5.78 Å². The third kappa shape index (κ3) is 4.19. The van der Waals surface area contributed by atoms with E-state index >= 15 is 0 Å². The lowest BCUT2D eigenvalue weighted by Crippen LogP contribution is -2.39. The average molecular weight is 431 g/mol. The number of hydrogen-bond donors (Lipinski definition) is 0. The Kier molecular flexibility index (Phi) is 6.32. The standard InChI is InChI=1S/C22H23ClN2O5/c23-16-6-4-15(5-7-16)20(26)18-19(17-3-1-12-30-17)25(22(28)21(18)27)9-2-8-24-10-13-29-14-11-24/h1,3-7,12,18-19H,2,8-11,13-14H2. The fourth-order valence-corrected chi connectivity index (χ4v) is 4.21. The number of benzene rings is 1. The molecule has 30 heavy (non-hydrogen) atoms. The number of nitrogens with zero attached hydrogens (tertiary/aromatic N) is 2. The van der Waals surface area contributed by atoms with Gasteiger partial charge in [0.05, 0.1) is 19.5 Å². The van der Waals surface area contributed by atoms with E-state index in [1.807, 2.05) is 0 Å². The van der Waals surface area contributed by atoms with Gasteiger partial charge in [-0.15, -0.1) is 0 Å². The number of carbonyl (C=O) groups excluding carboxylic acids is 3. The number of likely N-dealkylation sites (tertiary alicyclic amines) is 1. The largest absolute Gasteiger partial charge is 0.467 e. The maximum atomic E-state index is 13.2. The average Bonchev–Trinajstić information content (AvgIpc) is 3.37. The second-order valence-electron chi connectivity index (χ2n) is 7.48. The second-order valence-corrected chi connectivity index (χ2v) is 7.92. The van der Waals surface area contributed by atoms with E-state index in [0.717, 1.165) is 19.6 Å². The monoisotopic (exact) mass is 430 g/mol. The lowest BCUT2D eigenvalue weighted by molar-refractivity contribution is -0.140. The molecule has 0 aliphatic carbocycles. The molecular formula is C22H23ClN2O5. The van der Waals surface area contributed by atoms with Crippen LogP contribution < -0.4 is 0 Å². The zero-order valence-corrected chi connectivity index (χ0v) is 17.2. The van der Waals surface area contributed by atoms with Crippen molar-refractivity contribution in [1.82, 2.24) is 9.80 Å². The van der Waals surface area contributed by atoms with Gasteiger partial charge >= 0.3 is 0 Å². The van der Waals surface area contributed by atoms with Crippen LogP contribution in [0.3, 0.4) is 0 Å². The summed E-state index contributed by atoms with van der Waals surface area (Å²) >= 11 is 5.91. The van der Waals surface area contributed by atoms with E-state index in [1.54, 1.807) is 36.4 Å². The first kappa shape index (κ1) is 20.8. The maximum absolute atomic E-state index is 13.2. The van der Waals surface area contributed by atoms with Crippen LogP contribution in [0.4, 0.5) is 0 Å². The summed E-state index contributed by atoms with van der Waals surface area (Å²) < 4.78 is 10.9. The molecule has 0 N–H and O–H groups in total. The summed E-state index contributed by atoms with van der Waals surface area (Å²) in [6.07, 6.45) is 2.18. The number of halogens is 1. The summed E-state index contributed by atoms with van der Waals surface area (Å²) in [5.41, 5.74) is 0.345. The van der Waals surface area contributed by atoms with Crippen LogP contribution in [0.5, 0.6) is 0 Å². The molecule has 8 heteroatoms. The smallest absolute Gasteiger partial charge is 0.291 e. The van der Waals surface area contributed by atoms with Gasteiger partial charge in [0.15, 0.2) is 5.78 Å². The number of amides is 1. The zero-order chi connectivity index (χ0) is 21.1. The fraction of sp³-hybridized carbons (Fsp3) is 0.409. The van der Waals surface area contributed by atoms with Crippen LogP contribution in [0, 0.1) is 5.92 Å². The molecule has 2 aliphatic rings. The molecule has 1 aromatic carbocycles. The number of ketones is 2. The first-order valence-electron chi connectivity index (χ1n) is 10.0. The minimum Gasteiger partial charge on any atom is -0.467 e. The third-order valence-electron chi connectivity index (χ3n) is 5.63. The van der Waals surface area contributed by atoms with Gasteiger partial charge in [0.1, 0.15) is 17.7 Å². The number of furan rings is 1. The van der Waals surface area contributed by atoms with Gasteiger partial charge in [-0.05, 0) is 42.8 Å².